The molecule has 0 unspecified atom stereocenters. The smallest absolute Gasteiger partial charge is 0.263 e. The van der Waals surface area contributed by atoms with Crippen LogP contribution in [0.15, 0.2) is 9.95 Å². The second kappa shape index (κ2) is 8.35. The third-order valence-electron chi connectivity index (χ3n) is 5.52. The number of rotatable bonds is 5. The number of thiophene rings is 1. The predicted molar refractivity (Wildman–Crippen MR) is 112 cm³/mol. The molecule has 5 nitrogen and oxygen atoms in total. The average molecular weight is 406 g/mol. The number of amides is 1. The van der Waals surface area contributed by atoms with E-state index in [1.807, 2.05) is 4.90 Å². The third kappa shape index (κ3) is 3.81. The summed E-state index contributed by atoms with van der Waals surface area (Å²) < 4.78 is 1.80. The van der Waals surface area contributed by atoms with Gasteiger partial charge in [0.2, 0.25) is 5.91 Å². The van der Waals surface area contributed by atoms with Gasteiger partial charge in [-0.1, -0.05) is 18.7 Å². The fourth-order valence-corrected chi connectivity index (χ4v) is 6.34. The van der Waals surface area contributed by atoms with Crippen molar-refractivity contribution >= 4 is 39.2 Å². The number of piperidine rings is 1. The van der Waals surface area contributed by atoms with Crippen molar-refractivity contribution in [2.24, 2.45) is 0 Å². The molecule has 1 aliphatic carbocycles. The molecule has 0 aromatic carbocycles. The number of carbonyl (C=O) groups is 1. The van der Waals surface area contributed by atoms with E-state index in [1.54, 1.807) is 15.9 Å². The van der Waals surface area contributed by atoms with Crippen molar-refractivity contribution < 1.29 is 4.79 Å². The molecule has 7 heteroatoms. The molecule has 0 spiro atoms. The largest absolute Gasteiger partial charge is 0.342 e. The Labute approximate surface area is 168 Å². The van der Waals surface area contributed by atoms with E-state index < -0.39 is 0 Å². The number of nitrogens with zero attached hydrogens (tertiary/aromatic N) is 3. The van der Waals surface area contributed by atoms with Gasteiger partial charge >= 0.3 is 0 Å². The Balaban J connectivity index is 1.64. The molecule has 0 atom stereocenters. The Morgan fingerprint density at radius 1 is 1.15 bits per heavy atom. The normalized spacial score (nSPS) is 17.3. The van der Waals surface area contributed by atoms with Crippen LogP contribution >= 0.6 is 23.1 Å². The van der Waals surface area contributed by atoms with Gasteiger partial charge in [0, 0.05) is 24.5 Å². The summed E-state index contributed by atoms with van der Waals surface area (Å²) in [6.45, 7) is 4.47. The van der Waals surface area contributed by atoms with Crippen LogP contribution in [0.4, 0.5) is 0 Å². The van der Waals surface area contributed by atoms with E-state index in [0.717, 1.165) is 61.8 Å². The number of aromatic nitrogens is 2. The molecule has 0 N–H and O–H groups in total. The molecule has 1 aliphatic heterocycles. The molecule has 0 bridgehead atoms. The zero-order valence-corrected chi connectivity index (χ0v) is 17.6. The maximum absolute atomic E-state index is 13.2. The molecular formula is C20H27N3O2S2. The Bertz CT molecular complexity index is 897. The van der Waals surface area contributed by atoms with Gasteiger partial charge in [0.15, 0.2) is 5.16 Å². The van der Waals surface area contributed by atoms with E-state index in [0.29, 0.717) is 17.5 Å². The number of fused-ring (bicyclic) bond motifs is 3. The van der Waals surface area contributed by atoms with Gasteiger partial charge in [0.05, 0.1) is 11.1 Å². The topological polar surface area (TPSA) is 55.2 Å². The molecular weight excluding hydrogens is 378 g/mol. The monoisotopic (exact) mass is 405 g/mol. The molecule has 1 fully saturated rings. The lowest BCUT2D eigenvalue weighted by atomic mass is 9.97. The Morgan fingerprint density at radius 2 is 1.93 bits per heavy atom. The standard InChI is InChI=1S/C20H27N3O2S2/c1-2-10-23-19(25)17-14-8-4-5-9-15(14)27-18(17)21-20(23)26-13-16(24)22-11-6-3-7-12-22/h2-13H2,1H3. The van der Waals surface area contributed by atoms with Crippen molar-refractivity contribution in [1.29, 1.82) is 0 Å². The van der Waals surface area contributed by atoms with Gasteiger partial charge in [-0.3, -0.25) is 14.2 Å². The van der Waals surface area contributed by atoms with E-state index in [9.17, 15) is 9.59 Å². The van der Waals surface area contributed by atoms with Crippen molar-refractivity contribution in [3.05, 3.63) is 20.8 Å². The molecule has 2 aromatic heterocycles. The van der Waals surface area contributed by atoms with Gasteiger partial charge in [-0.05, 0) is 56.9 Å². The number of hydrogen-bond donors (Lipinski definition) is 0. The van der Waals surface area contributed by atoms with Crippen LogP contribution in [0.3, 0.4) is 0 Å². The van der Waals surface area contributed by atoms with Crippen LogP contribution in [-0.4, -0.2) is 39.2 Å². The highest BCUT2D eigenvalue weighted by Crippen LogP contribution is 2.34. The Morgan fingerprint density at radius 3 is 2.70 bits per heavy atom. The number of hydrogen-bond acceptors (Lipinski definition) is 5. The van der Waals surface area contributed by atoms with Crippen molar-refractivity contribution in [1.82, 2.24) is 14.5 Å². The molecule has 4 rings (SSSR count). The number of carbonyl (C=O) groups excluding carboxylic acids is 1. The van der Waals surface area contributed by atoms with Crippen LogP contribution in [0.25, 0.3) is 10.2 Å². The first kappa shape index (κ1) is 19.0. The highest BCUT2D eigenvalue weighted by Gasteiger charge is 2.23. The fourth-order valence-electron chi connectivity index (χ4n) is 4.11. The number of thioether (sulfide) groups is 1. The van der Waals surface area contributed by atoms with Crippen LogP contribution in [0.1, 0.15) is 55.9 Å². The summed E-state index contributed by atoms with van der Waals surface area (Å²) in [5.41, 5.74) is 1.33. The summed E-state index contributed by atoms with van der Waals surface area (Å²) >= 11 is 3.12. The maximum Gasteiger partial charge on any atom is 0.263 e. The fraction of sp³-hybridized carbons (Fsp3) is 0.650. The summed E-state index contributed by atoms with van der Waals surface area (Å²) in [5, 5.41) is 1.55. The minimum Gasteiger partial charge on any atom is -0.342 e. The molecule has 27 heavy (non-hydrogen) atoms. The van der Waals surface area contributed by atoms with Gasteiger partial charge in [-0.25, -0.2) is 4.98 Å². The van der Waals surface area contributed by atoms with E-state index in [1.165, 1.54) is 35.0 Å². The SMILES string of the molecule is CCCn1c(SCC(=O)N2CCCCC2)nc2sc3c(c2c1=O)CCCC3. The zero-order chi connectivity index (χ0) is 18.8. The van der Waals surface area contributed by atoms with Crippen LogP contribution in [-0.2, 0) is 24.2 Å². The molecule has 0 saturated carbocycles. The first-order valence-corrected chi connectivity index (χ1v) is 11.9. The quantitative estimate of drug-likeness (QED) is 0.560. The lowest BCUT2D eigenvalue weighted by Gasteiger charge is -2.26. The van der Waals surface area contributed by atoms with E-state index in [-0.39, 0.29) is 11.5 Å². The average Bonchev–Trinajstić information content (AvgIpc) is 3.07. The second-order valence-corrected chi connectivity index (χ2v) is 9.50. The molecule has 2 aromatic rings. The molecule has 1 saturated heterocycles. The first-order chi connectivity index (χ1) is 13.2. The van der Waals surface area contributed by atoms with Crippen LogP contribution < -0.4 is 5.56 Å². The van der Waals surface area contributed by atoms with Gasteiger partial charge in [0.1, 0.15) is 4.83 Å². The van der Waals surface area contributed by atoms with Gasteiger partial charge in [0.25, 0.3) is 5.56 Å². The Hall–Kier alpha value is -1.34. The summed E-state index contributed by atoms with van der Waals surface area (Å²) in [7, 11) is 0. The molecule has 3 heterocycles. The minimum absolute atomic E-state index is 0.0918. The number of aryl methyl sites for hydroxylation is 2. The number of likely N-dealkylation sites (tertiary alicyclic amines) is 1. The predicted octanol–water partition coefficient (Wildman–Crippen LogP) is 3.85. The van der Waals surface area contributed by atoms with E-state index in [4.69, 9.17) is 4.98 Å². The summed E-state index contributed by atoms with van der Waals surface area (Å²) in [6, 6.07) is 0. The summed E-state index contributed by atoms with van der Waals surface area (Å²) in [5.74, 6) is 0.537. The van der Waals surface area contributed by atoms with Gasteiger partial charge < -0.3 is 4.90 Å². The molecule has 0 radical (unpaired) electrons. The van der Waals surface area contributed by atoms with Gasteiger partial charge in [-0.15, -0.1) is 11.3 Å². The van der Waals surface area contributed by atoms with Crippen LogP contribution in [0.5, 0.6) is 0 Å². The summed E-state index contributed by atoms with van der Waals surface area (Å²) in [4.78, 5) is 34.8. The molecule has 2 aliphatic rings. The molecule has 146 valence electrons. The maximum atomic E-state index is 13.2. The van der Waals surface area contributed by atoms with E-state index >= 15 is 0 Å². The lowest BCUT2D eigenvalue weighted by molar-refractivity contribution is -0.129. The van der Waals surface area contributed by atoms with Crippen molar-refractivity contribution in [3.8, 4) is 0 Å². The minimum atomic E-state index is 0.0918. The van der Waals surface area contributed by atoms with Crippen molar-refractivity contribution in [3.63, 3.8) is 0 Å². The highest BCUT2D eigenvalue weighted by atomic mass is 32.2. The highest BCUT2D eigenvalue weighted by molar-refractivity contribution is 7.99. The first-order valence-electron chi connectivity index (χ1n) is 10.1. The third-order valence-corrected chi connectivity index (χ3v) is 7.67. The Kier molecular flexibility index (Phi) is 5.88. The van der Waals surface area contributed by atoms with E-state index in [2.05, 4.69) is 6.92 Å². The van der Waals surface area contributed by atoms with Crippen LogP contribution in [0, 0.1) is 0 Å². The van der Waals surface area contributed by atoms with Crippen LogP contribution in [0.2, 0.25) is 0 Å². The van der Waals surface area contributed by atoms with Gasteiger partial charge in [-0.2, -0.15) is 0 Å². The van der Waals surface area contributed by atoms with Crippen molar-refractivity contribution in [2.45, 2.75) is 70.0 Å². The summed E-state index contributed by atoms with van der Waals surface area (Å²) in [6.07, 6.45) is 8.73. The zero-order valence-electron chi connectivity index (χ0n) is 16.0. The second-order valence-electron chi connectivity index (χ2n) is 7.47. The van der Waals surface area contributed by atoms with Crippen molar-refractivity contribution in [2.75, 3.05) is 18.8 Å². The lowest BCUT2D eigenvalue weighted by Crippen LogP contribution is -2.37. The molecule has 1 amide bonds.